The van der Waals surface area contributed by atoms with Crippen molar-refractivity contribution >= 4 is 22.4 Å². The van der Waals surface area contributed by atoms with Gasteiger partial charge in [0.05, 0.1) is 11.1 Å². The van der Waals surface area contributed by atoms with Crippen LogP contribution < -0.4 is 5.32 Å². The molecule has 1 saturated carbocycles. The van der Waals surface area contributed by atoms with Gasteiger partial charge in [-0.15, -0.1) is 11.3 Å². The molecule has 0 saturated heterocycles. The highest BCUT2D eigenvalue weighted by atomic mass is 32.1. The maximum absolute atomic E-state index is 13.6. The Bertz CT molecular complexity index is 800. The van der Waals surface area contributed by atoms with Gasteiger partial charge in [0.2, 0.25) is 5.91 Å². The van der Waals surface area contributed by atoms with Crippen molar-refractivity contribution < 1.29 is 9.18 Å². The van der Waals surface area contributed by atoms with Gasteiger partial charge in [0.15, 0.2) is 5.13 Å². The zero-order valence-electron chi connectivity index (χ0n) is 14.3. The minimum atomic E-state index is -0.607. The number of nitrogens with one attached hydrogen (secondary N) is 1. The standard InChI is InChI=1S/C19H22FN3OS/c1-2-23-10-7-15-16(12-23)25-18(21-15)22-17(24)19(8-4-9-19)13-5-3-6-14(20)11-13/h3,5-6,11H,2,4,7-10,12H2,1H3,(H,21,22,24). The molecule has 0 atom stereocenters. The summed E-state index contributed by atoms with van der Waals surface area (Å²) in [5.41, 5.74) is 1.28. The smallest absolute Gasteiger partial charge is 0.236 e. The Balaban J connectivity index is 1.55. The van der Waals surface area contributed by atoms with Gasteiger partial charge in [-0.05, 0) is 37.1 Å². The number of halogens is 1. The van der Waals surface area contributed by atoms with Crippen LogP contribution in [0.25, 0.3) is 0 Å². The second-order valence-corrected chi connectivity index (χ2v) is 7.99. The van der Waals surface area contributed by atoms with Crippen LogP contribution in [0, 0.1) is 5.82 Å². The average molecular weight is 359 g/mol. The number of carbonyl (C=O) groups is 1. The first-order chi connectivity index (χ1) is 12.1. The number of hydrogen-bond donors (Lipinski definition) is 1. The lowest BCUT2D eigenvalue weighted by atomic mass is 9.64. The number of likely N-dealkylation sites (N-methyl/N-ethyl adjacent to an activating group) is 1. The van der Waals surface area contributed by atoms with Crippen LogP contribution in [0.5, 0.6) is 0 Å². The molecule has 0 bridgehead atoms. The molecule has 1 aromatic heterocycles. The Morgan fingerprint density at radius 2 is 2.28 bits per heavy atom. The van der Waals surface area contributed by atoms with Crippen molar-refractivity contribution in [3.63, 3.8) is 0 Å². The largest absolute Gasteiger partial charge is 0.301 e. The predicted octanol–water partition coefficient (Wildman–Crippen LogP) is 3.72. The van der Waals surface area contributed by atoms with E-state index in [1.54, 1.807) is 17.4 Å². The van der Waals surface area contributed by atoms with E-state index in [9.17, 15) is 9.18 Å². The number of amides is 1. The summed E-state index contributed by atoms with van der Waals surface area (Å²) < 4.78 is 13.6. The molecule has 4 rings (SSSR count). The molecule has 1 amide bonds. The lowest BCUT2D eigenvalue weighted by Crippen LogP contribution is -2.46. The summed E-state index contributed by atoms with van der Waals surface area (Å²) in [5.74, 6) is -0.344. The van der Waals surface area contributed by atoms with E-state index >= 15 is 0 Å². The van der Waals surface area contributed by atoms with Crippen molar-refractivity contribution in [2.75, 3.05) is 18.4 Å². The molecule has 2 aliphatic rings. The second kappa shape index (κ2) is 6.50. The summed E-state index contributed by atoms with van der Waals surface area (Å²) in [4.78, 5) is 21.2. The third-order valence-electron chi connectivity index (χ3n) is 5.50. The van der Waals surface area contributed by atoms with Crippen LogP contribution >= 0.6 is 11.3 Å². The van der Waals surface area contributed by atoms with Crippen molar-refractivity contribution in [2.24, 2.45) is 0 Å². The number of thiazole rings is 1. The van der Waals surface area contributed by atoms with E-state index in [2.05, 4.69) is 22.1 Å². The highest BCUT2D eigenvalue weighted by Crippen LogP contribution is 2.45. The number of hydrogen-bond acceptors (Lipinski definition) is 4. The minimum absolute atomic E-state index is 0.0530. The summed E-state index contributed by atoms with van der Waals surface area (Å²) in [7, 11) is 0. The third-order valence-corrected chi connectivity index (χ3v) is 6.49. The van der Waals surface area contributed by atoms with Crippen LogP contribution in [-0.4, -0.2) is 28.9 Å². The van der Waals surface area contributed by atoms with Gasteiger partial charge in [-0.25, -0.2) is 9.37 Å². The maximum Gasteiger partial charge on any atom is 0.236 e. The molecule has 2 aromatic rings. The van der Waals surface area contributed by atoms with E-state index < -0.39 is 5.41 Å². The van der Waals surface area contributed by atoms with Crippen LogP contribution in [0.3, 0.4) is 0 Å². The summed E-state index contributed by atoms with van der Waals surface area (Å²) >= 11 is 1.57. The van der Waals surface area contributed by atoms with Crippen LogP contribution in [0.2, 0.25) is 0 Å². The number of benzene rings is 1. The second-order valence-electron chi connectivity index (χ2n) is 6.91. The van der Waals surface area contributed by atoms with Gasteiger partial charge < -0.3 is 5.32 Å². The van der Waals surface area contributed by atoms with Crippen molar-refractivity contribution in [2.45, 2.75) is 44.6 Å². The monoisotopic (exact) mass is 359 g/mol. The normalized spacial score (nSPS) is 19.1. The first kappa shape index (κ1) is 16.7. The maximum atomic E-state index is 13.6. The fourth-order valence-electron chi connectivity index (χ4n) is 3.75. The quantitative estimate of drug-likeness (QED) is 0.905. The summed E-state index contributed by atoms with van der Waals surface area (Å²) in [5, 5.41) is 3.70. The molecule has 2 heterocycles. The van der Waals surface area contributed by atoms with Gasteiger partial charge >= 0.3 is 0 Å². The number of aromatic nitrogens is 1. The van der Waals surface area contributed by atoms with Crippen LogP contribution in [0.15, 0.2) is 24.3 Å². The van der Waals surface area contributed by atoms with Gasteiger partial charge in [0, 0.05) is 24.4 Å². The molecule has 0 spiro atoms. The minimum Gasteiger partial charge on any atom is -0.301 e. The van der Waals surface area contributed by atoms with Crippen molar-refractivity contribution in [3.8, 4) is 0 Å². The molecule has 1 fully saturated rings. The zero-order chi connectivity index (χ0) is 17.4. The van der Waals surface area contributed by atoms with Gasteiger partial charge in [-0.2, -0.15) is 0 Å². The number of anilines is 1. The van der Waals surface area contributed by atoms with E-state index in [4.69, 9.17) is 0 Å². The average Bonchev–Trinajstić information content (AvgIpc) is 2.95. The molecular formula is C19H22FN3OS. The lowest BCUT2D eigenvalue weighted by molar-refractivity contribution is -0.124. The Morgan fingerprint density at radius 3 is 2.96 bits per heavy atom. The highest BCUT2D eigenvalue weighted by Gasteiger charge is 2.46. The zero-order valence-corrected chi connectivity index (χ0v) is 15.2. The summed E-state index contributed by atoms with van der Waals surface area (Å²) in [6.45, 7) is 5.12. The Hall–Kier alpha value is -1.79. The van der Waals surface area contributed by atoms with Crippen LogP contribution in [0.1, 0.15) is 42.3 Å². The Labute approximate surface area is 151 Å². The number of nitrogens with zero attached hydrogens (tertiary/aromatic N) is 2. The van der Waals surface area contributed by atoms with E-state index in [-0.39, 0.29) is 11.7 Å². The highest BCUT2D eigenvalue weighted by molar-refractivity contribution is 7.15. The Morgan fingerprint density at radius 1 is 1.44 bits per heavy atom. The van der Waals surface area contributed by atoms with Gasteiger partial charge in [0.25, 0.3) is 0 Å². The van der Waals surface area contributed by atoms with Gasteiger partial charge in [-0.1, -0.05) is 25.5 Å². The van der Waals surface area contributed by atoms with Crippen molar-refractivity contribution in [1.29, 1.82) is 0 Å². The molecular weight excluding hydrogens is 337 g/mol. The van der Waals surface area contributed by atoms with Crippen molar-refractivity contribution in [3.05, 3.63) is 46.2 Å². The predicted molar refractivity (Wildman–Crippen MR) is 97.3 cm³/mol. The van der Waals surface area contributed by atoms with Crippen molar-refractivity contribution in [1.82, 2.24) is 9.88 Å². The lowest BCUT2D eigenvalue weighted by Gasteiger charge is -2.40. The first-order valence-electron chi connectivity index (χ1n) is 8.89. The Kier molecular flexibility index (Phi) is 4.33. The van der Waals surface area contributed by atoms with Gasteiger partial charge in [0.1, 0.15) is 5.82 Å². The number of fused-ring (bicyclic) bond motifs is 1. The molecule has 25 heavy (non-hydrogen) atoms. The third kappa shape index (κ3) is 2.98. The van der Waals surface area contributed by atoms with Gasteiger partial charge in [-0.3, -0.25) is 9.69 Å². The number of carbonyl (C=O) groups excluding carboxylic acids is 1. The summed E-state index contributed by atoms with van der Waals surface area (Å²) in [6.07, 6.45) is 3.45. The van der Waals surface area contributed by atoms with E-state index in [0.29, 0.717) is 5.13 Å². The molecule has 132 valence electrons. The molecule has 0 unspecified atom stereocenters. The topological polar surface area (TPSA) is 45.2 Å². The molecule has 6 heteroatoms. The molecule has 1 aliphatic carbocycles. The van der Waals surface area contributed by atoms with E-state index in [1.807, 2.05) is 6.07 Å². The fraction of sp³-hybridized carbons (Fsp3) is 0.474. The molecule has 1 N–H and O–H groups in total. The summed E-state index contributed by atoms with van der Waals surface area (Å²) in [6, 6.07) is 6.44. The van der Waals surface area contributed by atoms with Crippen LogP contribution in [0.4, 0.5) is 9.52 Å². The molecule has 0 radical (unpaired) electrons. The van der Waals surface area contributed by atoms with Crippen LogP contribution in [-0.2, 0) is 23.2 Å². The molecule has 1 aromatic carbocycles. The van der Waals surface area contributed by atoms with E-state index in [0.717, 1.165) is 56.6 Å². The first-order valence-corrected chi connectivity index (χ1v) is 9.71. The molecule has 1 aliphatic heterocycles. The SMILES string of the molecule is CCN1CCc2nc(NC(=O)C3(c4cccc(F)c4)CCC3)sc2C1. The number of rotatable bonds is 4. The fourth-order valence-corrected chi connectivity index (χ4v) is 4.80. The molecule has 4 nitrogen and oxygen atoms in total. The van der Waals surface area contributed by atoms with E-state index in [1.165, 1.54) is 17.0 Å².